The first-order chi connectivity index (χ1) is 8.49. The summed E-state index contributed by atoms with van der Waals surface area (Å²) in [5.74, 6) is 0.876. The Morgan fingerprint density at radius 2 is 2.28 bits per heavy atom. The standard InChI is InChI=1S/C12H16BrNO3S/c1-9(12(15)14-6-7-18(2)16)17-11-5-3-4-10(13)8-11/h3-5,8-9H,6-7H2,1-2H3,(H,14,15)/t9-,18+/m0/s1. The molecule has 100 valence electrons. The van der Waals surface area contributed by atoms with E-state index in [9.17, 15) is 9.00 Å². The molecule has 0 aliphatic carbocycles. The van der Waals surface area contributed by atoms with Gasteiger partial charge in [0.1, 0.15) is 5.75 Å². The van der Waals surface area contributed by atoms with Gasteiger partial charge in [0, 0.05) is 33.8 Å². The Morgan fingerprint density at radius 3 is 2.89 bits per heavy atom. The summed E-state index contributed by atoms with van der Waals surface area (Å²) >= 11 is 3.33. The molecule has 6 heteroatoms. The smallest absolute Gasteiger partial charge is 0.260 e. The molecule has 0 radical (unpaired) electrons. The fraction of sp³-hybridized carbons (Fsp3) is 0.417. The van der Waals surface area contributed by atoms with Crippen molar-refractivity contribution in [3.63, 3.8) is 0 Å². The number of benzene rings is 1. The normalized spacial score (nSPS) is 13.7. The molecule has 18 heavy (non-hydrogen) atoms. The average molecular weight is 334 g/mol. The van der Waals surface area contributed by atoms with Gasteiger partial charge < -0.3 is 10.1 Å². The van der Waals surface area contributed by atoms with Crippen LogP contribution >= 0.6 is 15.9 Å². The molecular weight excluding hydrogens is 318 g/mol. The fourth-order valence-electron chi connectivity index (χ4n) is 1.26. The number of nitrogens with one attached hydrogen (secondary N) is 1. The minimum absolute atomic E-state index is 0.208. The predicted octanol–water partition coefficient (Wildman–Crippen LogP) is 1.71. The molecule has 1 amide bonds. The second-order valence-corrected chi connectivity index (χ2v) is 6.26. The van der Waals surface area contributed by atoms with Crippen molar-refractivity contribution >= 4 is 32.6 Å². The number of carbonyl (C=O) groups is 1. The summed E-state index contributed by atoms with van der Waals surface area (Å²) in [6.45, 7) is 2.08. The molecule has 0 aromatic heterocycles. The summed E-state index contributed by atoms with van der Waals surface area (Å²) in [4.78, 5) is 11.7. The van der Waals surface area contributed by atoms with Crippen LogP contribution in [-0.2, 0) is 15.6 Å². The molecule has 0 bridgehead atoms. The minimum atomic E-state index is -0.898. The van der Waals surface area contributed by atoms with Crippen molar-refractivity contribution in [2.45, 2.75) is 13.0 Å². The summed E-state index contributed by atoms with van der Waals surface area (Å²) in [7, 11) is -0.898. The van der Waals surface area contributed by atoms with Crippen molar-refractivity contribution < 1.29 is 13.7 Å². The van der Waals surface area contributed by atoms with E-state index in [1.54, 1.807) is 25.3 Å². The molecule has 1 N–H and O–H groups in total. The topological polar surface area (TPSA) is 55.4 Å². The van der Waals surface area contributed by atoms with Gasteiger partial charge in [0.15, 0.2) is 6.10 Å². The van der Waals surface area contributed by atoms with Gasteiger partial charge in [-0.1, -0.05) is 22.0 Å². The number of rotatable bonds is 6. The van der Waals surface area contributed by atoms with E-state index in [2.05, 4.69) is 21.2 Å². The Hall–Kier alpha value is -0.880. The Labute approximate surface area is 118 Å². The van der Waals surface area contributed by atoms with E-state index < -0.39 is 16.9 Å². The van der Waals surface area contributed by atoms with Gasteiger partial charge in [-0.15, -0.1) is 0 Å². The Kier molecular flexibility index (Phi) is 6.35. The SMILES string of the molecule is C[C@H](Oc1cccc(Br)c1)C(=O)NCC[S@@](C)=O. The summed E-state index contributed by atoms with van der Waals surface area (Å²) in [6.07, 6.45) is 1.03. The molecule has 0 unspecified atom stereocenters. The van der Waals surface area contributed by atoms with Crippen molar-refractivity contribution in [3.8, 4) is 5.75 Å². The second-order valence-electron chi connectivity index (χ2n) is 3.79. The number of amides is 1. The highest BCUT2D eigenvalue weighted by atomic mass is 79.9. The zero-order valence-corrected chi connectivity index (χ0v) is 12.7. The van der Waals surface area contributed by atoms with Gasteiger partial charge in [-0.05, 0) is 25.1 Å². The van der Waals surface area contributed by atoms with E-state index in [0.29, 0.717) is 18.0 Å². The first-order valence-corrected chi connectivity index (χ1v) is 8.01. The lowest BCUT2D eigenvalue weighted by Gasteiger charge is -2.14. The second kappa shape index (κ2) is 7.53. The van der Waals surface area contributed by atoms with E-state index in [-0.39, 0.29) is 5.91 Å². The van der Waals surface area contributed by atoms with Crippen molar-refractivity contribution in [1.82, 2.24) is 5.32 Å². The summed E-state index contributed by atoms with van der Waals surface area (Å²) in [5, 5.41) is 2.68. The molecule has 0 saturated carbocycles. The van der Waals surface area contributed by atoms with Crippen LogP contribution in [0, 0.1) is 0 Å². The van der Waals surface area contributed by atoms with Crippen molar-refractivity contribution in [2.24, 2.45) is 0 Å². The maximum absolute atomic E-state index is 11.7. The van der Waals surface area contributed by atoms with Crippen molar-refractivity contribution in [1.29, 1.82) is 0 Å². The van der Waals surface area contributed by atoms with Crippen LogP contribution in [0.15, 0.2) is 28.7 Å². The summed E-state index contributed by atoms with van der Waals surface area (Å²) in [6, 6.07) is 7.30. The molecule has 1 aromatic rings. The lowest BCUT2D eigenvalue weighted by Crippen LogP contribution is -2.38. The van der Waals surface area contributed by atoms with Gasteiger partial charge in [0.05, 0.1) is 0 Å². The lowest BCUT2D eigenvalue weighted by atomic mass is 10.3. The first kappa shape index (κ1) is 15.2. The van der Waals surface area contributed by atoms with Crippen molar-refractivity contribution in [2.75, 3.05) is 18.6 Å². The van der Waals surface area contributed by atoms with Gasteiger partial charge >= 0.3 is 0 Å². The molecule has 0 aliphatic heterocycles. The van der Waals surface area contributed by atoms with Crippen LogP contribution in [0.2, 0.25) is 0 Å². The maximum Gasteiger partial charge on any atom is 0.260 e. The zero-order valence-electron chi connectivity index (χ0n) is 10.3. The van der Waals surface area contributed by atoms with Gasteiger partial charge in [-0.3, -0.25) is 9.00 Å². The van der Waals surface area contributed by atoms with Gasteiger partial charge in [-0.2, -0.15) is 0 Å². The lowest BCUT2D eigenvalue weighted by molar-refractivity contribution is -0.127. The number of ether oxygens (including phenoxy) is 1. The molecule has 0 saturated heterocycles. The Morgan fingerprint density at radius 1 is 1.56 bits per heavy atom. The highest BCUT2D eigenvalue weighted by molar-refractivity contribution is 9.10. The van der Waals surface area contributed by atoms with Crippen LogP contribution in [0.4, 0.5) is 0 Å². The van der Waals surface area contributed by atoms with Gasteiger partial charge in [0.25, 0.3) is 5.91 Å². The zero-order chi connectivity index (χ0) is 13.5. The van der Waals surface area contributed by atoms with E-state index in [1.165, 1.54) is 0 Å². The Balaban J connectivity index is 2.42. The van der Waals surface area contributed by atoms with E-state index in [1.807, 2.05) is 12.1 Å². The molecule has 1 rings (SSSR count). The minimum Gasteiger partial charge on any atom is -0.481 e. The largest absolute Gasteiger partial charge is 0.481 e. The summed E-state index contributed by atoms with van der Waals surface area (Å²) < 4.78 is 17.2. The van der Waals surface area contributed by atoms with Crippen LogP contribution in [0.1, 0.15) is 6.92 Å². The average Bonchev–Trinajstić information content (AvgIpc) is 2.28. The third-order valence-corrected chi connectivity index (χ3v) is 3.44. The third kappa shape index (κ3) is 5.64. The summed E-state index contributed by atoms with van der Waals surface area (Å²) in [5.41, 5.74) is 0. The predicted molar refractivity (Wildman–Crippen MR) is 76.2 cm³/mol. The van der Waals surface area contributed by atoms with Crippen LogP contribution in [-0.4, -0.2) is 34.8 Å². The molecule has 0 heterocycles. The highest BCUT2D eigenvalue weighted by Gasteiger charge is 2.14. The Bertz CT molecular complexity index is 439. The van der Waals surface area contributed by atoms with Gasteiger partial charge in [-0.25, -0.2) is 0 Å². The number of hydrogen-bond donors (Lipinski definition) is 1. The third-order valence-electron chi connectivity index (χ3n) is 2.17. The van der Waals surface area contributed by atoms with E-state index >= 15 is 0 Å². The molecular formula is C12H16BrNO3S. The van der Waals surface area contributed by atoms with Crippen molar-refractivity contribution in [3.05, 3.63) is 28.7 Å². The van der Waals surface area contributed by atoms with Crippen LogP contribution in [0.25, 0.3) is 0 Å². The highest BCUT2D eigenvalue weighted by Crippen LogP contribution is 2.18. The van der Waals surface area contributed by atoms with Crippen LogP contribution < -0.4 is 10.1 Å². The number of halogens is 1. The maximum atomic E-state index is 11.7. The monoisotopic (exact) mass is 333 g/mol. The van der Waals surface area contributed by atoms with E-state index in [4.69, 9.17) is 4.74 Å². The van der Waals surface area contributed by atoms with Crippen LogP contribution in [0.5, 0.6) is 5.75 Å². The molecule has 0 aliphatic rings. The fourth-order valence-corrected chi connectivity index (χ4v) is 2.03. The molecule has 4 nitrogen and oxygen atoms in total. The number of hydrogen-bond acceptors (Lipinski definition) is 3. The molecule has 0 spiro atoms. The quantitative estimate of drug-likeness (QED) is 0.862. The van der Waals surface area contributed by atoms with Gasteiger partial charge in [0.2, 0.25) is 0 Å². The molecule has 1 aromatic carbocycles. The molecule has 2 atom stereocenters. The molecule has 0 fully saturated rings. The van der Waals surface area contributed by atoms with E-state index in [0.717, 1.165) is 4.47 Å². The first-order valence-electron chi connectivity index (χ1n) is 5.49. The number of carbonyl (C=O) groups excluding carboxylic acids is 1. The van der Waals surface area contributed by atoms with Crippen LogP contribution in [0.3, 0.4) is 0 Å².